The summed E-state index contributed by atoms with van der Waals surface area (Å²) in [5.41, 5.74) is 7.66. The Labute approximate surface area is 92.0 Å². The predicted octanol–water partition coefficient (Wildman–Crippen LogP) is 1.40. The molecule has 0 unspecified atom stereocenters. The second-order valence-electron chi connectivity index (χ2n) is 3.35. The van der Waals surface area contributed by atoms with E-state index in [1.807, 2.05) is 0 Å². The smallest absolute Gasteiger partial charge is 0.412 e. The van der Waals surface area contributed by atoms with Crippen LogP contribution in [0.5, 0.6) is 0 Å². The summed E-state index contributed by atoms with van der Waals surface area (Å²) in [4.78, 5) is 15.4. The number of anilines is 2. The van der Waals surface area contributed by atoms with Gasteiger partial charge in [-0.25, -0.2) is 9.78 Å². The first-order valence-electron chi connectivity index (χ1n) is 4.71. The molecule has 0 aliphatic rings. The van der Waals surface area contributed by atoms with Crippen molar-refractivity contribution in [1.82, 2.24) is 9.38 Å². The number of hydrogen-bond acceptors (Lipinski definition) is 4. The Morgan fingerprint density at radius 2 is 2.38 bits per heavy atom. The van der Waals surface area contributed by atoms with Gasteiger partial charge in [0.2, 0.25) is 0 Å². The van der Waals surface area contributed by atoms with E-state index in [1.165, 1.54) is 7.11 Å². The van der Waals surface area contributed by atoms with E-state index in [1.54, 1.807) is 29.7 Å². The molecule has 6 heteroatoms. The van der Waals surface area contributed by atoms with Gasteiger partial charge in [-0.3, -0.25) is 9.72 Å². The van der Waals surface area contributed by atoms with Gasteiger partial charge in [0.15, 0.2) is 0 Å². The lowest BCUT2D eigenvalue weighted by molar-refractivity contribution is 0.186. The molecule has 0 saturated heterocycles. The van der Waals surface area contributed by atoms with Gasteiger partial charge >= 0.3 is 6.09 Å². The largest absolute Gasteiger partial charge is 0.453 e. The summed E-state index contributed by atoms with van der Waals surface area (Å²) in [7, 11) is 1.31. The number of imidazole rings is 1. The van der Waals surface area contributed by atoms with Crippen LogP contribution in [0.15, 0.2) is 18.3 Å². The first-order valence-corrected chi connectivity index (χ1v) is 4.71. The fraction of sp³-hybridized carbons (Fsp3) is 0.200. The Morgan fingerprint density at radius 1 is 1.62 bits per heavy atom. The molecule has 2 heterocycles. The van der Waals surface area contributed by atoms with Crippen molar-refractivity contribution in [3.63, 3.8) is 0 Å². The van der Waals surface area contributed by atoms with E-state index in [0.717, 1.165) is 0 Å². The van der Waals surface area contributed by atoms with Crippen molar-refractivity contribution >= 4 is 23.2 Å². The molecule has 6 nitrogen and oxygen atoms in total. The number of amides is 1. The maximum absolute atomic E-state index is 11.1. The van der Waals surface area contributed by atoms with Gasteiger partial charge in [0, 0.05) is 18.0 Å². The SMILES string of the molecule is COC(=O)Nc1c(C)nc2cc(N)ccn12. The molecule has 0 aromatic carbocycles. The van der Waals surface area contributed by atoms with Gasteiger partial charge in [-0.2, -0.15) is 0 Å². The summed E-state index contributed by atoms with van der Waals surface area (Å²) < 4.78 is 6.27. The third-order valence-electron chi connectivity index (χ3n) is 2.23. The van der Waals surface area contributed by atoms with E-state index in [2.05, 4.69) is 15.0 Å². The van der Waals surface area contributed by atoms with Gasteiger partial charge in [0.1, 0.15) is 11.5 Å². The zero-order chi connectivity index (χ0) is 11.7. The van der Waals surface area contributed by atoms with E-state index in [4.69, 9.17) is 5.73 Å². The number of carbonyl (C=O) groups is 1. The highest BCUT2D eigenvalue weighted by molar-refractivity contribution is 5.85. The topological polar surface area (TPSA) is 81.6 Å². The van der Waals surface area contributed by atoms with E-state index in [0.29, 0.717) is 22.8 Å². The van der Waals surface area contributed by atoms with Gasteiger partial charge in [-0.05, 0) is 13.0 Å². The highest BCUT2D eigenvalue weighted by Crippen LogP contribution is 2.19. The molecule has 2 aromatic heterocycles. The van der Waals surface area contributed by atoms with Crippen LogP contribution in [0.4, 0.5) is 16.3 Å². The standard InChI is InChI=1S/C10H12N4O2/c1-6-9(13-10(15)16-2)14-4-3-7(11)5-8(14)12-6/h3-5H,11H2,1-2H3,(H,13,15). The van der Waals surface area contributed by atoms with E-state index in [9.17, 15) is 4.79 Å². The zero-order valence-corrected chi connectivity index (χ0v) is 9.02. The van der Waals surface area contributed by atoms with Crippen molar-refractivity contribution in [1.29, 1.82) is 0 Å². The zero-order valence-electron chi connectivity index (χ0n) is 9.02. The number of fused-ring (bicyclic) bond motifs is 1. The molecule has 2 aromatic rings. The van der Waals surface area contributed by atoms with Crippen LogP contribution in [-0.2, 0) is 4.74 Å². The number of ether oxygens (including phenoxy) is 1. The van der Waals surface area contributed by atoms with Crippen molar-refractivity contribution in [3.8, 4) is 0 Å². The number of carbonyl (C=O) groups excluding carboxylic acids is 1. The summed E-state index contributed by atoms with van der Waals surface area (Å²) in [6.45, 7) is 1.80. The second-order valence-corrected chi connectivity index (χ2v) is 3.35. The molecule has 0 saturated carbocycles. The maximum Gasteiger partial charge on any atom is 0.412 e. The summed E-state index contributed by atoms with van der Waals surface area (Å²) in [5, 5.41) is 2.60. The van der Waals surface area contributed by atoms with Crippen LogP contribution in [0.25, 0.3) is 5.65 Å². The number of nitrogen functional groups attached to an aromatic ring is 1. The molecule has 0 aliphatic heterocycles. The lowest BCUT2D eigenvalue weighted by Crippen LogP contribution is -2.13. The highest BCUT2D eigenvalue weighted by Gasteiger charge is 2.11. The van der Waals surface area contributed by atoms with Gasteiger partial charge in [0.05, 0.1) is 12.8 Å². The van der Waals surface area contributed by atoms with Crippen LogP contribution in [0.2, 0.25) is 0 Å². The molecule has 0 fully saturated rings. The van der Waals surface area contributed by atoms with Crippen LogP contribution in [0.1, 0.15) is 5.69 Å². The Kier molecular flexibility index (Phi) is 2.40. The number of methoxy groups -OCH3 is 1. The molecule has 16 heavy (non-hydrogen) atoms. The van der Waals surface area contributed by atoms with E-state index >= 15 is 0 Å². The molecule has 0 aliphatic carbocycles. The fourth-order valence-corrected chi connectivity index (χ4v) is 1.48. The Bertz CT molecular complexity index is 547. The maximum atomic E-state index is 11.1. The van der Waals surface area contributed by atoms with Crippen molar-refractivity contribution in [3.05, 3.63) is 24.0 Å². The summed E-state index contributed by atoms with van der Waals surface area (Å²) in [6, 6.07) is 3.46. The van der Waals surface area contributed by atoms with Crippen LogP contribution in [0.3, 0.4) is 0 Å². The Balaban J connectivity index is 2.52. The average molecular weight is 220 g/mol. The fourth-order valence-electron chi connectivity index (χ4n) is 1.48. The lowest BCUT2D eigenvalue weighted by atomic mass is 10.4. The number of aryl methyl sites for hydroxylation is 1. The van der Waals surface area contributed by atoms with E-state index < -0.39 is 6.09 Å². The monoisotopic (exact) mass is 220 g/mol. The Morgan fingerprint density at radius 3 is 3.06 bits per heavy atom. The number of nitrogens with one attached hydrogen (secondary N) is 1. The highest BCUT2D eigenvalue weighted by atomic mass is 16.5. The quantitative estimate of drug-likeness (QED) is 0.761. The summed E-state index contributed by atoms with van der Waals surface area (Å²) >= 11 is 0. The number of aromatic nitrogens is 2. The molecule has 0 spiro atoms. The van der Waals surface area contributed by atoms with Gasteiger partial charge < -0.3 is 10.5 Å². The first kappa shape index (κ1) is 10.3. The van der Waals surface area contributed by atoms with Crippen molar-refractivity contribution < 1.29 is 9.53 Å². The number of nitrogens with two attached hydrogens (primary N) is 1. The summed E-state index contributed by atoms with van der Waals surface area (Å²) in [6.07, 6.45) is 1.22. The van der Waals surface area contributed by atoms with Gasteiger partial charge in [0.25, 0.3) is 0 Å². The van der Waals surface area contributed by atoms with Crippen LogP contribution >= 0.6 is 0 Å². The number of nitrogens with zero attached hydrogens (tertiary/aromatic N) is 2. The molecule has 84 valence electrons. The molecular weight excluding hydrogens is 208 g/mol. The number of pyridine rings is 1. The van der Waals surface area contributed by atoms with E-state index in [-0.39, 0.29) is 0 Å². The number of hydrogen-bond donors (Lipinski definition) is 2. The lowest BCUT2D eigenvalue weighted by Gasteiger charge is -2.04. The van der Waals surface area contributed by atoms with Gasteiger partial charge in [-0.15, -0.1) is 0 Å². The Hall–Kier alpha value is -2.24. The van der Waals surface area contributed by atoms with Crippen LogP contribution in [-0.4, -0.2) is 22.6 Å². The minimum Gasteiger partial charge on any atom is -0.453 e. The normalized spacial score (nSPS) is 10.4. The molecule has 2 rings (SSSR count). The molecule has 0 bridgehead atoms. The average Bonchev–Trinajstić information content (AvgIpc) is 2.54. The summed E-state index contributed by atoms with van der Waals surface area (Å²) in [5.74, 6) is 0.585. The number of rotatable bonds is 1. The van der Waals surface area contributed by atoms with Gasteiger partial charge in [-0.1, -0.05) is 0 Å². The molecular formula is C10H12N4O2. The second kappa shape index (κ2) is 3.73. The predicted molar refractivity (Wildman–Crippen MR) is 60.4 cm³/mol. The third kappa shape index (κ3) is 1.65. The first-order chi connectivity index (χ1) is 7.61. The molecule has 3 N–H and O–H groups in total. The third-order valence-corrected chi connectivity index (χ3v) is 2.23. The van der Waals surface area contributed by atoms with Crippen molar-refractivity contribution in [2.24, 2.45) is 0 Å². The van der Waals surface area contributed by atoms with Crippen molar-refractivity contribution in [2.45, 2.75) is 6.92 Å². The van der Waals surface area contributed by atoms with Crippen LogP contribution < -0.4 is 11.1 Å². The molecule has 1 amide bonds. The van der Waals surface area contributed by atoms with Crippen molar-refractivity contribution in [2.75, 3.05) is 18.2 Å². The minimum absolute atomic E-state index is 0.526. The molecule has 0 radical (unpaired) electrons. The van der Waals surface area contributed by atoms with Crippen LogP contribution in [0, 0.1) is 6.92 Å². The minimum atomic E-state index is -0.526. The molecule has 0 atom stereocenters.